The van der Waals surface area contributed by atoms with Gasteiger partial charge in [-0.2, -0.15) is 0 Å². The Morgan fingerprint density at radius 2 is 2.20 bits per heavy atom. The van der Waals surface area contributed by atoms with Crippen LogP contribution in [-0.4, -0.2) is 43.7 Å². The van der Waals surface area contributed by atoms with Crippen LogP contribution in [0.5, 0.6) is 5.75 Å². The number of nitrogens with zero attached hydrogens (tertiary/aromatic N) is 2. The van der Waals surface area contributed by atoms with Crippen LogP contribution in [0.15, 0.2) is 12.3 Å². The van der Waals surface area contributed by atoms with Gasteiger partial charge in [-0.1, -0.05) is 0 Å². The van der Waals surface area contributed by atoms with E-state index >= 15 is 0 Å². The van der Waals surface area contributed by atoms with Crippen molar-refractivity contribution in [1.82, 2.24) is 10.3 Å². The summed E-state index contributed by atoms with van der Waals surface area (Å²) < 4.78 is 5.75. The first-order valence-electron chi connectivity index (χ1n) is 7.12. The largest absolute Gasteiger partial charge is 0.491 e. The number of ether oxygens (including phenoxy) is 1. The summed E-state index contributed by atoms with van der Waals surface area (Å²) >= 11 is 0. The summed E-state index contributed by atoms with van der Waals surface area (Å²) in [7, 11) is 0. The molecule has 1 aliphatic heterocycles. The molecule has 0 bridgehead atoms. The standard InChI is InChI=1S/C14H20N4O2/c15-14(19)13-12(20-9-10-1-2-10)7-11(8-17-13)18-5-3-16-4-6-18/h7-8,10,16H,1-6,9H2,(H2,15,19). The van der Waals surface area contributed by atoms with Gasteiger partial charge in [0.1, 0.15) is 0 Å². The lowest BCUT2D eigenvalue weighted by Crippen LogP contribution is -2.43. The molecule has 2 fully saturated rings. The highest BCUT2D eigenvalue weighted by molar-refractivity contribution is 5.94. The zero-order chi connectivity index (χ0) is 13.9. The van der Waals surface area contributed by atoms with Crippen LogP contribution in [0.1, 0.15) is 23.3 Å². The van der Waals surface area contributed by atoms with Gasteiger partial charge in [0.25, 0.3) is 5.91 Å². The van der Waals surface area contributed by atoms with Crippen LogP contribution in [0.4, 0.5) is 5.69 Å². The van der Waals surface area contributed by atoms with Gasteiger partial charge in [-0.05, 0) is 18.8 Å². The molecule has 0 spiro atoms. The molecule has 3 N–H and O–H groups in total. The van der Waals surface area contributed by atoms with Gasteiger partial charge in [0, 0.05) is 32.2 Å². The van der Waals surface area contributed by atoms with Crippen molar-refractivity contribution in [2.45, 2.75) is 12.8 Å². The zero-order valence-electron chi connectivity index (χ0n) is 11.5. The highest BCUT2D eigenvalue weighted by Gasteiger charge is 2.24. The van der Waals surface area contributed by atoms with Crippen molar-refractivity contribution in [2.24, 2.45) is 11.7 Å². The van der Waals surface area contributed by atoms with Crippen LogP contribution in [-0.2, 0) is 0 Å². The second kappa shape index (κ2) is 5.66. The van der Waals surface area contributed by atoms with Crippen LogP contribution in [0.2, 0.25) is 0 Å². The summed E-state index contributed by atoms with van der Waals surface area (Å²) in [5.74, 6) is 0.599. The number of amides is 1. The molecule has 0 radical (unpaired) electrons. The van der Waals surface area contributed by atoms with Gasteiger partial charge in [-0.25, -0.2) is 4.98 Å². The fourth-order valence-corrected chi connectivity index (χ4v) is 2.32. The van der Waals surface area contributed by atoms with Crippen molar-refractivity contribution >= 4 is 11.6 Å². The molecular formula is C14H20N4O2. The predicted molar refractivity (Wildman–Crippen MR) is 76.1 cm³/mol. The van der Waals surface area contributed by atoms with Crippen molar-refractivity contribution in [2.75, 3.05) is 37.7 Å². The maximum atomic E-state index is 11.4. The number of hydrogen-bond acceptors (Lipinski definition) is 5. The fourth-order valence-electron chi connectivity index (χ4n) is 2.32. The van der Waals surface area contributed by atoms with Gasteiger partial charge in [0.15, 0.2) is 11.4 Å². The molecule has 1 aromatic rings. The number of carbonyl (C=O) groups excluding carboxylic acids is 1. The molecule has 2 heterocycles. The highest BCUT2D eigenvalue weighted by atomic mass is 16.5. The summed E-state index contributed by atoms with van der Waals surface area (Å²) in [4.78, 5) is 17.9. The second-order valence-corrected chi connectivity index (χ2v) is 5.40. The van der Waals surface area contributed by atoms with Gasteiger partial charge in [-0.3, -0.25) is 4.79 Å². The molecule has 6 nitrogen and oxygen atoms in total. The maximum Gasteiger partial charge on any atom is 0.271 e. The number of carbonyl (C=O) groups is 1. The Kier molecular flexibility index (Phi) is 3.73. The first-order valence-corrected chi connectivity index (χ1v) is 7.12. The third kappa shape index (κ3) is 3.01. The summed E-state index contributed by atoms with van der Waals surface area (Å²) in [6.07, 6.45) is 4.11. The quantitative estimate of drug-likeness (QED) is 0.812. The molecular weight excluding hydrogens is 256 g/mol. The van der Waals surface area contributed by atoms with E-state index in [1.807, 2.05) is 6.07 Å². The van der Waals surface area contributed by atoms with Crippen LogP contribution < -0.4 is 20.7 Å². The number of pyridine rings is 1. The van der Waals surface area contributed by atoms with Crippen molar-refractivity contribution in [1.29, 1.82) is 0 Å². The second-order valence-electron chi connectivity index (χ2n) is 5.40. The summed E-state index contributed by atoms with van der Waals surface area (Å²) in [5.41, 5.74) is 6.57. The molecule has 1 saturated heterocycles. The minimum Gasteiger partial charge on any atom is -0.491 e. The Labute approximate surface area is 118 Å². The fraction of sp³-hybridized carbons (Fsp3) is 0.571. The summed E-state index contributed by atoms with van der Waals surface area (Å²) in [5, 5.41) is 3.31. The highest BCUT2D eigenvalue weighted by Crippen LogP contribution is 2.31. The minimum atomic E-state index is -0.539. The molecule has 2 aliphatic rings. The number of rotatable bonds is 5. The van der Waals surface area contributed by atoms with Gasteiger partial charge in [0.2, 0.25) is 0 Å². The van der Waals surface area contributed by atoms with E-state index in [0.717, 1.165) is 31.9 Å². The molecule has 20 heavy (non-hydrogen) atoms. The predicted octanol–water partition coefficient (Wildman–Crippen LogP) is 0.379. The maximum absolute atomic E-state index is 11.4. The SMILES string of the molecule is NC(=O)c1ncc(N2CCNCC2)cc1OCC1CC1. The first kappa shape index (κ1) is 13.2. The van der Waals surface area contributed by atoms with E-state index in [0.29, 0.717) is 18.3 Å². The molecule has 3 rings (SSSR count). The lowest BCUT2D eigenvalue weighted by atomic mass is 10.2. The molecule has 0 aromatic carbocycles. The Morgan fingerprint density at radius 3 is 2.85 bits per heavy atom. The van der Waals surface area contributed by atoms with E-state index in [9.17, 15) is 4.79 Å². The van der Waals surface area contributed by atoms with Crippen molar-refractivity contribution in [3.8, 4) is 5.75 Å². The number of nitrogens with one attached hydrogen (secondary N) is 1. The van der Waals surface area contributed by atoms with Gasteiger partial charge < -0.3 is 20.7 Å². The average Bonchev–Trinajstić information content (AvgIpc) is 3.30. The normalized spacial score (nSPS) is 18.9. The van der Waals surface area contributed by atoms with Crippen molar-refractivity contribution in [3.05, 3.63) is 18.0 Å². The first-order chi connectivity index (χ1) is 9.74. The van der Waals surface area contributed by atoms with Crippen LogP contribution in [0, 0.1) is 5.92 Å². The third-order valence-corrected chi connectivity index (χ3v) is 3.73. The molecule has 1 aliphatic carbocycles. The van der Waals surface area contributed by atoms with Gasteiger partial charge in [0.05, 0.1) is 18.5 Å². The summed E-state index contributed by atoms with van der Waals surface area (Å²) in [6.45, 7) is 4.41. The lowest BCUT2D eigenvalue weighted by molar-refractivity contribution is 0.0991. The molecule has 108 valence electrons. The lowest BCUT2D eigenvalue weighted by Gasteiger charge is -2.29. The molecule has 6 heteroatoms. The van der Waals surface area contributed by atoms with Crippen molar-refractivity contribution < 1.29 is 9.53 Å². The Morgan fingerprint density at radius 1 is 1.45 bits per heavy atom. The van der Waals surface area contributed by atoms with Crippen LogP contribution in [0.25, 0.3) is 0 Å². The van der Waals surface area contributed by atoms with E-state index in [2.05, 4.69) is 15.2 Å². The van der Waals surface area contributed by atoms with E-state index < -0.39 is 5.91 Å². The molecule has 1 saturated carbocycles. The number of piperazine rings is 1. The topological polar surface area (TPSA) is 80.5 Å². The Hall–Kier alpha value is -1.82. The number of nitrogens with two attached hydrogens (primary N) is 1. The van der Waals surface area contributed by atoms with Crippen LogP contribution in [0.3, 0.4) is 0 Å². The van der Waals surface area contributed by atoms with E-state index in [1.54, 1.807) is 6.20 Å². The van der Waals surface area contributed by atoms with E-state index in [-0.39, 0.29) is 5.69 Å². The number of anilines is 1. The zero-order valence-corrected chi connectivity index (χ0v) is 11.5. The number of aromatic nitrogens is 1. The Balaban J connectivity index is 1.80. The van der Waals surface area contributed by atoms with Gasteiger partial charge in [-0.15, -0.1) is 0 Å². The smallest absolute Gasteiger partial charge is 0.271 e. The average molecular weight is 276 g/mol. The van der Waals surface area contributed by atoms with Crippen molar-refractivity contribution in [3.63, 3.8) is 0 Å². The molecule has 1 amide bonds. The monoisotopic (exact) mass is 276 g/mol. The third-order valence-electron chi connectivity index (χ3n) is 3.73. The van der Waals surface area contributed by atoms with E-state index in [1.165, 1.54) is 12.8 Å². The Bertz CT molecular complexity index is 496. The van der Waals surface area contributed by atoms with E-state index in [4.69, 9.17) is 10.5 Å². The van der Waals surface area contributed by atoms with Gasteiger partial charge >= 0.3 is 0 Å². The van der Waals surface area contributed by atoms with Crippen LogP contribution >= 0.6 is 0 Å². The molecule has 0 unspecified atom stereocenters. The number of hydrogen-bond donors (Lipinski definition) is 2. The number of primary amides is 1. The minimum absolute atomic E-state index is 0.226. The summed E-state index contributed by atoms with van der Waals surface area (Å²) in [6, 6.07) is 1.89. The molecule has 1 aromatic heterocycles. The molecule has 0 atom stereocenters.